The molecule has 0 aliphatic rings. The van der Waals surface area contributed by atoms with Crippen molar-refractivity contribution in [2.75, 3.05) is 44.9 Å². The molecule has 2 N–H and O–H groups in total. The molecule has 0 amide bonds. The SMILES string of the molecule is CCCN(CCO)c1nnc(CNCCOC)o1. The van der Waals surface area contributed by atoms with Crippen LogP contribution >= 0.6 is 0 Å². The van der Waals surface area contributed by atoms with Gasteiger partial charge in [-0.3, -0.25) is 0 Å². The van der Waals surface area contributed by atoms with Crippen LogP contribution in [0.4, 0.5) is 6.01 Å². The molecule has 0 aliphatic carbocycles. The summed E-state index contributed by atoms with van der Waals surface area (Å²) in [4.78, 5) is 1.88. The third-order valence-corrected chi connectivity index (χ3v) is 2.35. The summed E-state index contributed by atoms with van der Waals surface area (Å²) < 4.78 is 10.4. The van der Waals surface area contributed by atoms with Crippen molar-refractivity contribution in [1.82, 2.24) is 15.5 Å². The second-order valence-electron chi connectivity index (χ2n) is 3.86. The van der Waals surface area contributed by atoms with Crippen LogP contribution < -0.4 is 10.2 Å². The topological polar surface area (TPSA) is 83.7 Å². The molecule has 0 spiro atoms. The van der Waals surface area contributed by atoms with E-state index >= 15 is 0 Å². The molecule has 0 fully saturated rings. The summed E-state index contributed by atoms with van der Waals surface area (Å²) in [5.41, 5.74) is 0. The lowest BCUT2D eigenvalue weighted by molar-refractivity contribution is 0.198. The molecule has 0 saturated heterocycles. The summed E-state index contributed by atoms with van der Waals surface area (Å²) >= 11 is 0. The van der Waals surface area contributed by atoms with Crippen molar-refractivity contribution in [2.45, 2.75) is 19.9 Å². The molecule has 0 saturated carbocycles. The second kappa shape index (κ2) is 8.84. The Morgan fingerprint density at radius 3 is 2.89 bits per heavy atom. The van der Waals surface area contributed by atoms with Gasteiger partial charge < -0.3 is 24.5 Å². The number of hydrogen-bond donors (Lipinski definition) is 2. The van der Waals surface area contributed by atoms with Crippen molar-refractivity contribution >= 4 is 6.01 Å². The number of aliphatic hydroxyl groups excluding tert-OH is 1. The zero-order chi connectivity index (χ0) is 13.2. The number of nitrogens with one attached hydrogen (secondary N) is 1. The van der Waals surface area contributed by atoms with Crippen LogP contribution in [0.15, 0.2) is 4.42 Å². The summed E-state index contributed by atoms with van der Waals surface area (Å²) in [6, 6.07) is 0.467. The van der Waals surface area contributed by atoms with E-state index in [0.29, 0.717) is 31.6 Å². The fourth-order valence-electron chi connectivity index (χ4n) is 1.51. The Morgan fingerprint density at radius 2 is 2.22 bits per heavy atom. The minimum atomic E-state index is 0.0732. The van der Waals surface area contributed by atoms with E-state index in [4.69, 9.17) is 14.3 Å². The number of nitrogens with zero attached hydrogens (tertiary/aromatic N) is 3. The molecule has 1 rings (SSSR count). The van der Waals surface area contributed by atoms with Gasteiger partial charge in [-0.1, -0.05) is 12.0 Å². The smallest absolute Gasteiger partial charge is 0.318 e. The largest absolute Gasteiger partial charge is 0.407 e. The van der Waals surface area contributed by atoms with Gasteiger partial charge in [0.05, 0.1) is 19.8 Å². The number of rotatable bonds is 10. The van der Waals surface area contributed by atoms with Gasteiger partial charge >= 0.3 is 6.01 Å². The Morgan fingerprint density at radius 1 is 1.39 bits per heavy atom. The maximum atomic E-state index is 8.97. The molecule has 7 heteroatoms. The predicted molar refractivity (Wildman–Crippen MR) is 67.5 cm³/mol. The van der Waals surface area contributed by atoms with Gasteiger partial charge in [-0.15, -0.1) is 5.10 Å². The molecule has 7 nitrogen and oxygen atoms in total. The average molecular weight is 258 g/mol. The van der Waals surface area contributed by atoms with E-state index in [9.17, 15) is 0 Å². The highest BCUT2D eigenvalue weighted by Gasteiger charge is 2.12. The second-order valence-corrected chi connectivity index (χ2v) is 3.86. The maximum Gasteiger partial charge on any atom is 0.318 e. The Balaban J connectivity index is 2.44. The first-order chi connectivity index (χ1) is 8.81. The Labute approximate surface area is 107 Å². The van der Waals surface area contributed by atoms with Crippen molar-refractivity contribution in [1.29, 1.82) is 0 Å². The number of anilines is 1. The van der Waals surface area contributed by atoms with Crippen molar-refractivity contribution < 1.29 is 14.3 Å². The predicted octanol–water partition coefficient (Wildman–Crippen LogP) is 0.0143. The summed E-state index contributed by atoms with van der Waals surface area (Å²) in [5, 5.41) is 20.0. The number of aromatic nitrogens is 2. The lowest BCUT2D eigenvalue weighted by Gasteiger charge is -2.17. The molecule has 0 atom stereocenters. The minimum Gasteiger partial charge on any atom is -0.407 e. The Kier molecular flexibility index (Phi) is 7.31. The lowest BCUT2D eigenvalue weighted by Crippen LogP contribution is -2.27. The molecule has 18 heavy (non-hydrogen) atoms. The molecule has 0 unspecified atom stereocenters. The lowest BCUT2D eigenvalue weighted by atomic mass is 10.4. The van der Waals surface area contributed by atoms with Gasteiger partial charge in [0.15, 0.2) is 0 Å². The summed E-state index contributed by atoms with van der Waals surface area (Å²) in [7, 11) is 1.66. The van der Waals surface area contributed by atoms with E-state index in [1.807, 2.05) is 4.90 Å². The number of methoxy groups -OCH3 is 1. The summed E-state index contributed by atoms with van der Waals surface area (Å²) in [6.07, 6.45) is 0.962. The molecule has 1 aromatic rings. The normalized spacial score (nSPS) is 10.8. The van der Waals surface area contributed by atoms with Crippen LogP contribution in [0.3, 0.4) is 0 Å². The van der Waals surface area contributed by atoms with Crippen LogP contribution in [0.1, 0.15) is 19.2 Å². The summed E-state index contributed by atoms with van der Waals surface area (Å²) in [6.45, 7) is 5.34. The Hall–Kier alpha value is -1.18. The fourth-order valence-corrected chi connectivity index (χ4v) is 1.51. The standard InChI is InChI=1S/C11H22N4O3/c1-3-5-15(6-7-16)11-14-13-10(18-11)9-12-4-8-17-2/h12,16H,3-9H2,1-2H3. The molecule has 104 valence electrons. The number of hydrogen-bond acceptors (Lipinski definition) is 7. The third kappa shape index (κ3) is 4.99. The van der Waals surface area contributed by atoms with E-state index in [1.54, 1.807) is 7.11 Å². The van der Waals surface area contributed by atoms with Crippen molar-refractivity contribution in [3.8, 4) is 0 Å². The fraction of sp³-hybridized carbons (Fsp3) is 0.818. The molecule has 1 heterocycles. The average Bonchev–Trinajstić information content (AvgIpc) is 2.83. The first-order valence-corrected chi connectivity index (χ1v) is 6.19. The van der Waals surface area contributed by atoms with E-state index < -0.39 is 0 Å². The van der Waals surface area contributed by atoms with Crippen LogP contribution in [0, 0.1) is 0 Å². The maximum absolute atomic E-state index is 8.97. The first-order valence-electron chi connectivity index (χ1n) is 6.19. The number of ether oxygens (including phenoxy) is 1. The molecular formula is C11H22N4O3. The molecule has 1 aromatic heterocycles. The quantitative estimate of drug-likeness (QED) is 0.572. The number of aliphatic hydroxyl groups is 1. The van der Waals surface area contributed by atoms with Gasteiger partial charge in [-0.25, -0.2) is 0 Å². The van der Waals surface area contributed by atoms with Crippen molar-refractivity contribution in [2.24, 2.45) is 0 Å². The van der Waals surface area contributed by atoms with Gasteiger partial charge in [-0.2, -0.15) is 0 Å². The van der Waals surface area contributed by atoms with E-state index in [1.165, 1.54) is 0 Å². The highest BCUT2D eigenvalue weighted by atomic mass is 16.5. The van der Waals surface area contributed by atoms with Crippen molar-refractivity contribution in [3.63, 3.8) is 0 Å². The van der Waals surface area contributed by atoms with Gasteiger partial charge in [-0.05, 0) is 6.42 Å². The third-order valence-electron chi connectivity index (χ3n) is 2.35. The van der Waals surface area contributed by atoms with E-state index in [-0.39, 0.29) is 6.61 Å². The van der Waals surface area contributed by atoms with Gasteiger partial charge in [0.1, 0.15) is 0 Å². The molecular weight excluding hydrogens is 236 g/mol. The highest BCUT2D eigenvalue weighted by molar-refractivity contribution is 5.23. The van der Waals surface area contributed by atoms with Gasteiger partial charge in [0, 0.05) is 26.7 Å². The Bertz CT molecular complexity index is 313. The zero-order valence-corrected chi connectivity index (χ0v) is 11.1. The zero-order valence-electron chi connectivity index (χ0n) is 11.1. The summed E-state index contributed by atoms with van der Waals surface area (Å²) in [5.74, 6) is 0.542. The van der Waals surface area contributed by atoms with Crippen LogP contribution in [-0.2, 0) is 11.3 Å². The monoisotopic (exact) mass is 258 g/mol. The van der Waals surface area contributed by atoms with E-state index in [2.05, 4.69) is 22.4 Å². The van der Waals surface area contributed by atoms with Crippen LogP contribution in [0.2, 0.25) is 0 Å². The van der Waals surface area contributed by atoms with Crippen LogP contribution in [-0.4, -0.2) is 55.3 Å². The molecule has 0 bridgehead atoms. The first kappa shape index (κ1) is 14.9. The van der Waals surface area contributed by atoms with Gasteiger partial charge in [0.25, 0.3) is 0 Å². The van der Waals surface area contributed by atoms with Gasteiger partial charge in [0.2, 0.25) is 5.89 Å². The minimum absolute atomic E-state index is 0.0732. The van der Waals surface area contributed by atoms with E-state index in [0.717, 1.165) is 19.5 Å². The van der Waals surface area contributed by atoms with Crippen molar-refractivity contribution in [3.05, 3.63) is 5.89 Å². The molecule has 0 aliphatic heterocycles. The molecule has 0 aromatic carbocycles. The van der Waals surface area contributed by atoms with Crippen LogP contribution in [0.25, 0.3) is 0 Å². The highest BCUT2D eigenvalue weighted by Crippen LogP contribution is 2.12. The molecule has 0 radical (unpaired) electrons. The van der Waals surface area contributed by atoms with Crippen LogP contribution in [0.5, 0.6) is 0 Å².